The first-order valence-electron chi connectivity index (χ1n) is 6.09. The highest BCUT2D eigenvalue weighted by atomic mass is 35.5. The van der Waals surface area contributed by atoms with Gasteiger partial charge in [-0.15, -0.1) is 12.4 Å². The summed E-state index contributed by atoms with van der Waals surface area (Å²) in [5, 5.41) is 8.84. The molecule has 6 heteroatoms. The number of hydrogen-bond acceptors (Lipinski definition) is 3. The number of β-amino-alcohol motifs (C(OH)–C–C–N with tert-alkyl or cyclic N) is 1. The minimum absolute atomic E-state index is 0. The molecule has 2 rings (SSSR count). The second-order valence-corrected chi connectivity index (χ2v) is 4.36. The van der Waals surface area contributed by atoms with E-state index in [1.165, 1.54) is 24.3 Å². The van der Waals surface area contributed by atoms with Gasteiger partial charge in [0.1, 0.15) is 5.82 Å². The molecule has 19 heavy (non-hydrogen) atoms. The molecule has 1 N–H and O–H groups in total. The van der Waals surface area contributed by atoms with Gasteiger partial charge in [-0.2, -0.15) is 0 Å². The largest absolute Gasteiger partial charge is 0.395 e. The molecule has 0 atom stereocenters. The van der Waals surface area contributed by atoms with E-state index in [9.17, 15) is 9.18 Å². The number of benzene rings is 1. The Morgan fingerprint density at radius 2 is 1.74 bits per heavy atom. The molecule has 0 saturated carbocycles. The van der Waals surface area contributed by atoms with Crippen molar-refractivity contribution in [3.63, 3.8) is 0 Å². The van der Waals surface area contributed by atoms with E-state index in [0.29, 0.717) is 25.2 Å². The second-order valence-electron chi connectivity index (χ2n) is 4.36. The average molecular weight is 289 g/mol. The van der Waals surface area contributed by atoms with Gasteiger partial charge in [-0.05, 0) is 24.3 Å². The zero-order valence-electron chi connectivity index (χ0n) is 10.6. The summed E-state index contributed by atoms with van der Waals surface area (Å²) in [5.74, 6) is -0.391. The molecule has 1 aromatic carbocycles. The van der Waals surface area contributed by atoms with Crippen molar-refractivity contribution in [3.8, 4) is 0 Å². The van der Waals surface area contributed by atoms with Crippen molar-refractivity contribution in [3.05, 3.63) is 35.6 Å². The fraction of sp³-hybridized carbons (Fsp3) is 0.462. The molecule has 0 aliphatic carbocycles. The van der Waals surface area contributed by atoms with Crippen molar-refractivity contribution in [2.24, 2.45) is 0 Å². The Morgan fingerprint density at radius 3 is 2.26 bits per heavy atom. The SMILES string of the molecule is Cl.O=C(c1ccc(F)cc1)N1CCN(CCO)CC1. The van der Waals surface area contributed by atoms with Gasteiger partial charge < -0.3 is 10.0 Å². The molecule has 0 bridgehead atoms. The van der Waals surface area contributed by atoms with Crippen molar-refractivity contribution in [2.75, 3.05) is 39.3 Å². The molecule has 0 spiro atoms. The van der Waals surface area contributed by atoms with Gasteiger partial charge in [0.25, 0.3) is 5.91 Å². The first-order chi connectivity index (χ1) is 8.70. The van der Waals surface area contributed by atoms with Crippen LogP contribution in [0.3, 0.4) is 0 Å². The maximum atomic E-state index is 12.8. The number of hydrogen-bond donors (Lipinski definition) is 1. The Bertz CT molecular complexity index is 406. The Morgan fingerprint density at radius 1 is 1.16 bits per heavy atom. The fourth-order valence-electron chi connectivity index (χ4n) is 2.09. The number of halogens is 2. The third kappa shape index (κ3) is 4.16. The van der Waals surface area contributed by atoms with E-state index in [-0.39, 0.29) is 30.7 Å². The number of piperazine rings is 1. The van der Waals surface area contributed by atoms with Gasteiger partial charge in [0, 0.05) is 38.3 Å². The van der Waals surface area contributed by atoms with Gasteiger partial charge >= 0.3 is 0 Å². The Kier molecular flexibility index (Phi) is 6.21. The van der Waals surface area contributed by atoms with Gasteiger partial charge in [-0.25, -0.2) is 4.39 Å². The highest BCUT2D eigenvalue weighted by Crippen LogP contribution is 2.09. The lowest BCUT2D eigenvalue weighted by molar-refractivity contribution is 0.0615. The van der Waals surface area contributed by atoms with E-state index in [1.807, 2.05) is 0 Å². The number of amides is 1. The summed E-state index contributed by atoms with van der Waals surface area (Å²) >= 11 is 0. The van der Waals surface area contributed by atoms with E-state index in [1.54, 1.807) is 4.90 Å². The van der Waals surface area contributed by atoms with Crippen LogP contribution in [0.25, 0.3) is 0 Å². The third-order valence-corrected chi connectivity index (χ3v) is 3.17. The van der Waals surface area contributed by atoms with Crippen molar-refractivity contribution in [1.82, 2.24) is 9.80 Å². The molecule has 106 valence electrons. The van der Waals surface area contributed by atoms with Crippen LogP contribution in [0, 0.1) is 5.82 Å². The lowest BCUT2D eigenvalue weighted by Gasteiger charge is -2.34. The highest BCUT2D eigenvalue weighted by molar-refractivity contribution is 5.94. The van der Waals surface area contributed by atoms with E-state index in [2.05, 4.69) is 4.90 Å². The Hall–Kier alpha value is -1.17. The van der Waals surface area contributed by atoms with Crippen molar-refractivity contribution in [2.45, 2.75) is 0 Å². The van der Waals surface area contributed by atoms with Crippen molar-refractivity contribution >= 4 is 18.3 Å². The predicted molar refractivity (Wildman–Crippen MR) is 73.1 cm³/mol. The van der Waals surface area contributed by atoms with E-state index >= 15 is 0 Å². The summed E-state index contributed by atoms with van der Waals surface area (Å²) in [6, 6.07) is 5.63. The van der Waals surface area contributed by atoms with Crippen LogP contribution >= 0.6 is 12.4 Å². The second kappa shape index (κ2) is 7.43. The molecule has 1 aliphatic rings. The minimum Gasteiger partial charge on any atom is -0.395 e. The van der Waals surface area contributed by atoms with Crippen LogP contribution in [0.5, 0.6) is 0 Å². The predicted octanol–water partition coefficient (Wildman–Crippen LogP) is 0.998. The molecule has 1 aliphatic heterocycles. The van der Waals surface area contributed by atoms with Gasteiger partial charge in [-0.3, -0.25) is 9.69 Å². The van der Waals surface area contributed by atoms with E-state index in [4.69, 9.17) is 5.11 Å². The zero-order valence-corrected chi connectivity index (χ0v) is 11.4. The van der Waals surface area contributed by atoms with Gasteiger partial charge in [0.2, 0.25) is 0 Å². The topological polar surface area (TPSA) is 43.8 Å². The van der Waals surface area contributed by atoms with Crippen LogP contribution in [0.1, 0.15) is 10.4 Å². The molecule has 4 nitrogen and oxygen atoms in total. The third-order valence-electron chi connectivity index (χ3n) is 3.17. The molecule has 0 unspecified atom stereocenters. The summed E-state index contributed by atoms with van der Waals surface area (Å²) in [5.41, 5.74) is 0.520. The summed E-state index contributed by atoms with van der Waals surface area (Å²) in [6.45, 7) is 3.64. The molecule has 1 fully saturated rings. The summed E-state index contributed by atoms with van der Waals surface area (Å²) in [4.78, 5) is 16.0. The maximum Gasteiger partial charge on any atom is 0.253 e. The maximum absolute atomic E-state index is 12.8. The van der Waals surface area contributed by atoms with Crippen LogP contribution < -0.4 is 0 Å². The van der Waals surface area contributed by atoms with Crippen LogP contribution in [0.15, 0.2) is 24.3 Å². The van der Waals surface area contributed by atoms with Crippen LogP contribution in [-0.4, -0.2) is 60.1 Å². The van der Waals surface area contributed by atoms with Crippen LogP contribution in [-0.2, 0) is 0 Å². The standard InChI is InChI=1S/C13H17FN2O2.ClH/c14-12-3-1-11(2-4-12)13(18)16-7-5-15(6-8-16)9-10-17;/h1-4,17H,5-10H2;1H. The normalized spacial score (nSPS) is 16.0. The first-order valence-corrected chi connectivity index (χ1v) is 6.09. The smallest absolute Gasteiger partial charge is 0.253 e. The Labute approximate surface area is 118 Å². The molecule has 1 heterocycles. The minimum atomic E-state index is -0.334. The fourth-order valence-corrected chi connectivity index (χ4v) is 2.09. The molecular weight excluding hydrogens is 271 g/mol. The average Bonchev–Trinajstić information content (AvgIpc) is 2.40. The molecule has 0 aromatic heterocycles. The van der Waals surface area contributed by atoms with E-state index in [0.717, 1.165) is 13.1 Å². The number of carbonyl (C=O) groups is 1. The summed E-state index contributed by atoms with van der Waals surface area (Å²) in [7, 11) is 0. The Balaban J connectivity index is 0.00000180. The zero-order chi connectivity index (χ0) is 13.0. The molecular formula is C13H18ClFN2O2. The monoisotopic (exact) mass is 288 g/mol. The lowest BCUT2D eigenvalue weighted by Crippen LogP contribution is -2.49. The van der Waals surface area contributed by atoms with Crippen LogP contribution in [0.2, 0.25) is 0 Å². The highest BCUT2D eigenvalue weighted by Gasteiger charge is 2.21. The summed E-state index contributed by atoms with van der Waals surface area (Å²) < 4.78 is 12.8. The van der Waals surface area contributed by atoms with Crippen LogP contribution in [0.4, 0.5) is 4.39 Å². The van der Waals surface area contributed by atoms with Gasteiger partial charge in [-0.1, -0.05) is 0 Å². The van der Waals surface area contributed by atoms with Gasteiger partial charge in [0.05, 0.1) is 6.61 Å². The number of carbonyl (C=O) groups excluding carboxylic acids is 1. The number of aliphatic hydroxyl groups excluding tert-OH is 1. The number of nitrogens with zero attached hydrogens (tertiary/aromatic N) is 2. The first kappa shape index (κ1) is 15.9. The van der Waals surface area contributed by atoms with Crippen molar-refractivity contribution in [1.29, 1.82) is 0 Å². The number of aliphatic hydroxyl groups is 1. The quantitative estimate of drug-likeness (QED) is 0.902. The molecule has 0 radical (unpaired) electrons. The van der Waals surface area contributed by atoms with E-state index < -0.39 is 0 Å². The number of rotatable bonds is 3. The molecule has 1 amide bonds. The molecule has 1 aromatic rings. The lowest BCUT2D eigenvalue weighted by atomic mass is 10.2. The summed E-state index contributed by atoms with van der Waals surface area (Å²) in [6.07, 6.45) is 0. The van der Waals surface area contributed by atoms with Gasteiger partial charge in [0.15, 0.2) is 0 Å². The van der Waals surface area contributed by atoms with Crippen molar-refractivity contribution < 1.29 is 14.3 Å². The molecule has 1 saturated heterocycles.